The summed E-state index contributed by atoms with van der Waals surface area (Å²) in [5, 5.41) is 13.6. The zero-order chi connectivity index (χ0) is 22.3. The summed E-state index contributed by atoms with van der Waals surface area (Å²) in [6, 6.07) is 0.913. The number of carboxylic acid groups (broad SMARTS) is 1. The summed E-state index contributed by atoms with van der Waals surface area (Å²) in [5.74, 6) is -1.05. The first-order valence-corrected chi connectivity index (χ1v) is 10.0. The van der Waals surface area contributed by atoms with Crippen LogP contribution in [0.4, 0.5) is 0 Å². The molecule has 0 fully saturated rings. The van der Waals surface area contributed by atoms with Crippen LogP contribution in [0.25, 0.3) is 21.9 Å². The van der Waals surface area contributed by atoms with E-state index >= 15 is 0 Å². The molecule has 7 nitrogen and oxygen atoms in total. The van der Waals surface area contributed by atoms with Crippen molar-refractivity contribution in [1.82, 2.24) is 5.32 Å². The Hall–Kier alpha value is -3.09. The minimum atomic E-state index is -1.09. The largest absolute Gasteiger partial charge is 0.480 e. The number of amides is 1. The van der Waals surface area contributed by atoms with Crippen LogP contribution >= 0.6 is 0 Å². The second-order valence-corrected chi connectivity index (χ2v) is 7.98. The first-order valence-electron chi connectivity index (χ1n) is 10.0. The Morgan fingerprint density at radius 3 is 2.23 bits per heavy atom. The molecule has 0 unspecified atom stereocenters. The standard InChI is InChI=1S/C23H27NO6/c1-7-10(2)19(22(26)27)24-18(25)9-17-12(4)16-8-15-11(3)14(6)29-20(15)13(5)21(16)30-23(17)28/h8,10,19H,7,9H2,1-6H3,(H,24,25)(H,26,27)/t10-,19+/m1/s1. The molecule has 30 heavy (non-hydrogen) atoms. The lowest BCUT2D eigenvalue weighted by Crippen LogP contribution is -2.45. The van der Waals surface area contributed by atoms with Crippen LogP contribution in [0.1, 0.15) is 48.3 Å². The number of aryl methyl sites for hydroxylation is 4. The van der Waals surface area contributed by atoms with Crippen LogP contribution in [0, 0.1) is 33.6 Å². The molecule has 2 N–H and O–H groups in total. The van der Waals surface area contributed by atoms with Gasteiger partial charge in [0.1, 0.15) is 23.0 Å². The lowest BCUT2D eigenvalue weighted by Gasteiger charge is -2.20. The molecule has 0 radical (unpaired) electrons. The second-order valence-electron chi connectivity index (χ2n) is 7.98. The van der Waals surface area contributed by atoms with Gasteiger partial charge in [0, 0.05) is 16.3 Å². The molecule has 2 atom stereocenters. The third kappa shape index (κ3) is 3.60. The fourth-order valence-electron chi connectivity index (χ4n) is 3.76. The van der Waals surface area contributed by atoms with Crippen molar-refractivity contribution in [1.29, 1.82) is 0 Å². The Balaban J connectivity index is 2.05. The van der Waals surface area contributed by atoms with Crippen molar-refractivity contribution in [3.8, 4) is 0 Å². The summed E-state index contributed by atoms with van der Waals surface area (Å²) < 4.78 is 11.4. The van der Waals surface area contributed by atoms with E-state index in [0.717, 1.165) is 27.7 Å². The highest BCUT2D eigenvalue weighted by atomic mass is 16.4. The molecule has 160 valence electrons. The van der Waals surface area contributed by atoms with Gasteiger partial charge in [-0.25, -0.2) is 9.59 Å². The maximum atomic E-state index is 12.7. The van der Waals surface area contributed by atoms with Crippen molar-refractivity contribution in [2.75, 3.05) is 0 Å². The van der Waals surface area contributed by atoms with Gasteiger partial charge in [-0.2, -0.15) is 0 Å². The number of carboxylic acids is 1. The Morgan fingerprint density at radius 2 is 1.63 bits per heavy atom. The topological polar surface area (TPSA) is 110 Å². The van der Waals surface area contributed by atoms with Gasteiger partial charge in [0.15, 0.2) is 0 Å². The molecule has 3 aromatic rings. The number of carbonyl (C=O) groups is 2. The molecule has 0 aliphatic carbocycles. The Morgan fingerprint density at radius 1 is 1.03 bits per heavy atom. The van der Waals surface area contributed by atoms with Gasteiger partial charge in [-0.3, -0.25) is 4.79 Å². The molecule has 0 saturated heterocycles. The van der Waals surface area contributed by atoms with Gasteiger partial charge in [0.2, 0.25) is 5.91 Å². The van der Waals surface area contributed by atoms with Gasteiger partial charge in [0.05, 0.1) is 12.0 Å². The van der Waals surface area contributed by atoms with Gasteiger partial charge in [-0.1, -0.05) is 20.3 Å². The molecule has 0 bridgehead atoms. The minimum absolute atomic E-state index is 0.227. The minimum Gasteiger partial charge on any atom is -0.480 e. The number of hydrogen-bond donors (Lipinski definition) is 2. The summed E-state index contributed by atoms with van der Waals surface area (Å²) in [5.41, 5.74) is 3.14. The highest BCUT2D eigenvalue weighted by molar-refractivity contribution is 6.00. The smallest absolute Gasteiger partial charge is 0.340 e. The van der Waals surface area contributed by atoms with E-state index < -0.39 is 23.5 Å². The Kier molecular flexibility index (Phi) is 5.74. The SMILES string of the molecule is CC[C@@H](C)[C@H](NC(=O)Cc1c(C)c2cc3c(C)c(C)oc3c(C)c2oc1=O)C(=O)O. The van der Waals surface area contributed by atoms with Gasteiger partial charge < -0.3 is 19.3 Å². The van der Waals surface area contributed by atoms with Crippen molar-refractivity contribution >= 4 is 33.8 Å². The normalized spacial score (nSPS) is 13.5. The quantitative estimate of drug-likeness (QED) is 0.593. The number of hydrogen-bond acceptors (Lipinski definition) is 5. The highest BCUT2D eigenvalue weighted by Crippen LogP contribution is 2.34. The van der Waals surface area contributed by atoms with Crippen LogP contribution in [0.15, 0.2) is 19.7 Å². The average Bonchev–Trinajstić information content (AvgIpc) is 2.98. The molecule has 3 rings (SSSR count). The van der Waals surface area contributed by atoms with Crippen molar-refractivity contribution in [2.45, 2.75) is 60.4 Å². The number of aliphatic carboxylic acids is 1. The first kappa shape index (κ1) is 21.6. The molecule has 1 amide bonds. The van der Waals surface area contributed by atoms with Crippen molar-refractivity contribution in [3.05, 3.63) is 44.5 Å². The van der Waals surface area contributed by atoms with Crippen LogP contribution in [0.5, 0.6) is 0 Å². The maximum absolute atomic E-state index is 12.7. The molecule has 2 heterocycles. The van der Waals surface area contributed by atoms with E-state index in [-0.39, 0.29) is 17.9 Å². The molecular weight excluding hydrogens is 386 g/mol. The summed E-state index contributed by atoms with van der Waals surface area (Å²) in [7, 11) is 0. The summed E-state index contributed by atoms with van der Waals surface area (Å²) >= 11 is 0. The molecule has 1 aromatic carbocycles. The second kappa shape index (κ2) is 7.97. The van der Waals surface area contributed by atoms with Crippen molar-refractivity contribution in [2.24, 2.45) is 5.92 Å². The number of fused-ring (bicyclic) bond motifs is 2. The van der Waals surface area contributed by atoms with Crippen molar-refractivity contribution < 1.29 is 23.5 Å². The van der Waals surface area contributed by atoms with E-state index in [9.17, 15) is 19.5 Å². The molecule has 0 aliphatic rings. The number of rotatable bonds is 6. The highest BCUT2D eigenvalue weighted by Gasteiger charge is 2.26. The average molecular weight is 413 g/mol. The summed E-state index contributed by atoms with van der Waals surface area (Å²) in [4.78, 5) is 36.7. The maximum Gasteiger partial charge on any atom is 0.340 e. The Labute approximate surface area is 174 Å². The van der Waals surface area contributed by atoms with Gasteiger partial charge in [-0.15, -0.1) is 0 Å². The van der Waals surface area contributed by atoms with E-state index in [2.05, 4.69) is 5.32 Å². The third-order valence-electron chi connectivity index (χ3n) is 6.08. The van der Waals surface area contributed by atoms with Gasteiger partial charge in [0.25, 0.3) is 0 Å². The molecule has 0 aliphatic heterocycles. The predicted molar refractivity (Wildman–Crippen MR) is 114 cm³/mol. The van der Waals surface area contributed by atoms with E-state index in [1.165, 1.54) is 0 Å². The van der Waals surface area contributed by atoms with E-state index in [0.29, 0.717) is 23.2 Å². The zero-order valence-electron chi connectivity index (χ0n) is 18.1. The lowest BCUT2D eigenvalue weighted by atomic mass is 9.97. The molecular formula is C23H27NO6. The van der Waals surface area contributed by atoms with Gasteiger partial charge in [-0.05, 0) is 50.8 Å². The van der Waals surface area contributed by atoms with Crippen LogP contribution in [0.2, 0.25) is 0 Å². The van der Waals surface area contributed by atoms with Crippen LogP contribution in [0.3, 0.4) is 0 Å². The number of furan rings is 1. The van der Waals surface area contributed by atoms with E-state index in [4.69, 9.17) is 8.83 Å². The number of carbonyl (C=O) groups excluding carboxylic acids is 1. The predicted octanol–water partition coefficient (Wildman–Crippen LogP) is 3.93. The number of nitrogens with one attached hydrogen (secondary N) is 1. The van der Waals surface area contributed by atoms with E-state index in [1.807, 2.05) is 33.8 Å². The van der Waals surface area contributed by atoms with Crippen LogP contribution in [-0.4, -0.2) is 23.0 Å². The van der Waals surface area contributed by atoms with E-state index in [1.54, 1.807) is 13.8 Å². The number of benzene rings is 1. The fourth-order valence-corrected chi connectivity index (χ4v) is 3.76. The van der Waals surface area contributed by atoms with Crippen molar-refractivity contribution in [3.63, 3.8) is 0 Å². The van der Waals surface area contributed by atoms with Crippen LogP contribution < -0.4 is 10.9 Å². The summed E-state index contributed by atoms with van der Waals surface area (Å²) in [6.45, 7) is 11.1. The fraction of sp³-hybridized carbons (Fsp3) is 0.435. The van der Waals surface area contributed by atoms with Crippen LogP contribution in [-0.2, 0) is 16.0 Å². The molecule has 7 heteroatoms. The lowest BCUT2D eigenvalue weighted by molar-refractivity contribution is -0.143. The monoisotopic (exact) mass is 413 g/mol. The Bertz CT molecular complexity index is 1220. The molecule has 0 spiro atoms. The zero-order valence-corrected chi connectivity index (χ0v) is 18.1. The van der Waals surface area contributed by atoms with Gasteiger partial charge >= 0.3 is 11.6 Å². The first-order chi connectivity index (χ1) is 14.1. The third-order valence-corrected chi connectivity index (χ3v) is 6.08. The molecule has 0 saturated carbocycles. The molecule has 2 aromatic heterocycles. The summed E-state index contributed by atoms with van der Waals surface area (Å²) in [6.07, 6.45) is 0.359.